The zero-order valence-corrected chi connectivity index (χ0v) is 9.01. The van der Waals surface area contributed by atoms with Gasteiger partial charge in [-0.05, 0) is 19.1 Å². The van der Waals surface area contributed by atoms with Crippen molar-refractivity contribution in [2.24, 2.45) is 0 Å². The second-order valence-electron chi connectivity index (χ2n) is 3.42. The number of nitrogens with two attached hydrogens (primary N) is 1. The van der Waals surface area contributed by atoms with Crippen LogP contribution in [0.2, 0.25) is 0 Å². The van der Waals surface area contributed by atoms with E-state index >= 15 is 0 Å². The number of aromatic nitrogens is 3. The minimum absolute atomic E-state index is 0.611. The van der Waals surface area contributed by atoms with Gasteiger partial charge in [-0.15, -0.1) is 0 Å². The van der Waals surface area contributed by atoms with Gasteiger partial charge in [-0.1, -0.05) is 0 Å². The van der Waals surface area contributed by atoms with Crippen LogP contribution in [0, 0.1) is 6.92 Å². The number of rotatable bonds is 3. The van der Waals surface area contributed by atoms with Crippen LogP contribution in [0.4, 0.5) is 11.5 Å². The van der Waals surface area contributed by atoms with Gasteiger partial charge in [0.05, 0.1) is 12.2 Å². The number of nitrogens with one attached hydrogen (secondary N) is 1. The molecule has 0 fully saturated rings. The summed E-state index contributed by atoms with van der Waals surface area (Å²) >= 11 is 0. The number of aryl methyl sites for hydroxylation is 1. The highest BCUT2D eigenvalue weighted by molar-refractivity contribution is 5.48. The lowest BCUT2D eigenvalue weighted by Gasteiger charge is -2.05. The van der Waals surface area contributed by atoms with Gasteiger partial charge in [-0.25, -0.2) is 15.0 Å². The van der Waals surface area contributed by atoms with Crippen LogP contribution in [0.15, 0.2) is 30.6 Å². The number of nitrogen functional groups attached to an aromatic ring is 1. The van der Waals surface area contributed by atoms with Crippen LogP contribution in [0.5, 0.6) is 0 Å². The Bertz CT molecular complexity index is 438. The first-order chi connectivity index (χ1) is 7.74. The van der Waals surface area contributed by atoms with Crippen molar-refractivity contribution < 1.29 is 0 Å². The highest BCUT2D eigenvalue weighted by atomic mass is 15.0. The average molecular weight is 215 g/mol. The van der Waals surface area contributed by atoms with Crippen molar-refractivity contribution >= 4 is 11.5 Å². The van der Waals surface area contributed by atoms with Crippen molar-refractivity contribution in [2.45, 2.75) is 13.5 Å². The molecule has 0 amide bonds. The van der Waals surface area contributed by atoms with Crippen LogP contribution in [-0.2, 0) is 6.54 Å². The van der Waals surface area contributed by atoms with Crippen molar-refractivity contribution in [3.8, 4) is 0 Å². The van der Waals surface area contributed by atoms with Gasteiger partial charge in [0.1, 0.15) is 11.6 Å². The fourth-order valence-corrected chi connectivity index (χ4v) is 1.33. The van der Waals surface area contributed by atoms with Crippen molar-refractivity contribution in [1.29, 1.82) is 0 Å². The van der Waals surface area contributed by atoms with Crippen LogP contribution in [0.25, 0.3) is 0 Å². The smallest absolute Gasteiger partial charge is 0.128 e. The van der Waals surface area contributed by atoms with E-state index in [9.17, 15) is 0 Å². The molecule has 3 N–H and O–H groups in total. The molecule has 0 aliphatic rings. The summed E-state index contributed by atoms with van der Waals surface area (Å²) in [6.07, 6.45) is 3.41. The maximum absolute atomic E-state index is 5.65. The molecule has 0 atom stereocenters. The third-order valence-electron chi connectivity index (χ3n) is 2.07. The van der Waals surface area contributed by atoms with Gasteiger partial charge in [0.2, 0.25) is 0 Å². The summed E-state index contributed by atoms with van der Waals surface area (Å²) in [7, 11) is 0. The topological polar surface area (TPSA) is 76.7 Å². The Morgan fingerprint density at radius 3 is 2.81 bits per heavy atom. The van der Waals surface area contributed by atoms with E-state index in [1.54, 1.807) is 24.5 Å². The molecule has 0 saturated carbocycles. The monoisotopic (exact) mass is 215 g/mol. The summed E-state index contributed by atoms with van der Waals surface area (Å²) in [4.78, 5) is 12.5. The Morgan fingerprint density at radius 2 is 2.06 bits per heavy atom. The fourth-order valence-electron chi connectivity index (χ4n) is 1.33. The van der Waals surface area contributed by atoms with Gasteiger partial charge in [0.25, 0.3) is 0 Å². The molecule has 2 heterocycles. The van der Waals surface area contributed by atoms with Crippen molar-refractivity contribution in [3.05, 3.63) is 42.1 Å². The van der Waals surface area contributed by atoms with Gasteiger partial charge >= 0.3 is 0 Å². The first kappa shape index (κ1) is 10.4. The second-order valence-corrected chi connectivity index (χ2v) is 3.42. The quantitative estimate of drug-likeness (QED) is 0.808. The van der Waals surface area contributed by atoms with E-state index in [1.165, 1.54) is 0 Å². The molecule has 0 unspecified atom stereocenters. The standard InChI is InChI=1S/C11H13N5/c1-8-13-5-3-10(16-8)7-15-11-6-9(12)2-4-14-11/h2-6H,7H2,1H3,(H3,12,14,15). The van der Waals surface area contributed by atoms with Crippen LogP contribution in [0.1, 0.15) is 11.5 Å². The third kappa shape index (κ3) is 2.66. The predicted molar refractivity (Wildman–Crippen MR) is 62.7 cm³/mol. The number of hydrogen-bond acceptors (Lipinski definition) is 5. The Kier molecular flexibility index (Phi) is 2.95. The zero-order chi connectivity index (χ0) is 11.4. The second kappa shape index (κ2) is 4.57. The molecule has 0 aliphatic carbocycles. The number of anilines is 2. The van der Waals surface area contributed by atoms with Gasteiger partial charge in [0, 0.05) is 24.1 Å². The summed E-state index contributed by atoms with van der Waals surface area (Å²) in [5.74, 6) is 1.51. The van der Waals surface area contributed by atoms with E-state index in [1.807, 2.05) is 13.0 Å². The lowest BCUT2D eigenvalue weighted by Crippen LogP contribution is -2.04. The normalized spacial score (nSPS) is 10.1. The first-order valence-corrected chi connectivity index (χ1v) is 4.98. The molecule has 0 radical (unpaired) electrons. The van der Waals surface area contributed by atoms with Gasteiger partial charge in [-0.2, -0.15) is 0 Å². The average Bonchev–Trinajstić information content (AvgIpc) is 2.27. The summed E-state index contributed by atoms with van der Waals surface area (Å²) in [5, 5.41) is 3.15. The van der Waals surface area contributed by atoms with Crippen molar-refractivity contribution in [3.63, 3.8) is 0 Å². The molecule has 82 valence electrons. The van der Waals surface area contributed by atoms with Gasteiger partial charge in [0.15, 0.2) is 0 Å². The highest BCUT2D eigenvalue weighted by Gasteiger charge is 1.97. The van der Waals surface area contributed by atoms with E-state index in [0.717, 1.165) is 17.3 Å². The number of pyridine rings is 1. The minimum Gasteiger partial charge on any atom is -0.399 e. The molecule has 2 aromatic rings. The molecule has 0 saturated heterocycles. The van der Waals surface area contributed by atoms with E-state index in [0.29, 0.717) is 12.2 Å². The van der Waals surface area contributed by atoms with E-state index < -0.39 is 0 Å². The van der Waals surface area contributed by atoms with E-state index in [2.05, 4.69) is 20.3 Å². The van der Waals surface area contributed by atoms with Crippen LogP contribution in [-0.4, -0.2) is 15.0 Å². The lowest BCUT2D eigenvalue weighted by atomic mass is 10.3. The molecule has 2 rings (SSSR count). The number of nitrogens with zero attached hydrogens (tertiary/aromatic N) is 3. The fraction of sp³-hybridized carbons (Fsp3) is 0.182. The Labute approximate surface area is 93.8 Å². The summed E-state index contributed by atoms with van der Waals surface area (Å²) in [6.45, 7) is 2.47. The Morgan fingerprint density at radius 1 is 1.25 bits per heavy atom. The predicted octanol–water partition coefficient (Wildman–Crippen LogP) is 1.37. The van der Waals surface area contributed by atoms with Crippen LogP contribution in [0.3, 0.4) is 0 Å². The van der Waals surface area contributed by atoms with E-state index in [4.69, 9.17) is 5.73 Å². The first-order valence-electron chi connectivity index (χ1n) is 4.98. The number of hydrogen-bond donors (Lipinski definition) is 2. The zero-order valence-electron chi connectivity index (χ0n) is 9.01. The van der Waals surface area contributed by atoms with Crippen molar-refractivity contribution in [2.75, 3.05) is 11.1 Å². The molecule has 16 heavy (non-hydrogen) atoms. The molecule has 0 bridgehead atoms. The molecular weight excluding hydrogens is 202 g/mol. The van der Waals surface area contributed by atoms with Gasteiger partial charge in [-0.3, -0.25) is 0 Å². The Balaban J connectivity index is 2.02. The molecule has 0 aliphatic heterocycles. The largest absolute Gasteiger partial charge is 0.399 e. The molecule has 5 nitrogen and oxygen atoms in total. The summed E-state index contributed by atoms with van der Waals surface area (Å²) < 4.78 is 0. The molecular formula is C11H13N5. The molecule has 0 aromatic carbocycles. The van der Waals surface area contributed by atoms with Crippen LogP contribution >= 0.6 is 0 Å². The lowest BCUT2D eigenvalue weighted by molar-refractivity contribution is 0.950. The van der Waals surface area contributed by atoms with Crippen LogP contribution < -0.4 is 11.1 Å². The SMILES string of the molecule is Cc1nccc(CNc2cc(N)ccn2)n1. The maximum Gasteiger partial charge on any atom is 0.128 e. The summed E-state index contributed by atoms with van der Waals surface area (Å²) in [6, 6.07) is 5.40. The van der Waals surface area contributed by atoms with E-state index in [-0.39, 0.29) is 0 Å². The molecule has 0 spiro atoms. The molecule has 5 heteroatoms. The highest BCUT2D eigenvalue weighted by Crippen LogP contribution is 2.08. The van der Waals surface area contributed by atoms with Crippen molar-refractivity contribution in [1.82, 2.24) is 15.0 Å². The Hall–Kier alpha value is -2.17. The van der Waals surface area contributed by atoms with Gasteiger partial charge < -0.3 is 11.1 Å². The third-order valence-corrected chi connectivity index (χ3v) is 2.07. The minimum atomic E-state index is 0.611. The maximum atomic E-state index is 5.65. The molecule has 2 aromatic heterocycles. The summed E-state index contributed by atoms with van der Waals surface area (Å²) in [5.41, 5.74) is 7.26.